The number of nitrogens with one attached hydrogen (secondary N) is 1. The molecule has 3 aliphatic rings. The molecule has 5 rings (SSSR count). The van der Waals surface area contributed by atoms with Gasteiger partial charge in [-0.1, -0.05) is 12.2 Å². The van der Waals surface area contributed by atoms with Crippen molar-refractivity contribution in [1.29, 1.82) is 0 Å². The van der Waals surface area contributed by atoms with E-state index in [-0.39, 0.29) is 0 Å². The molecular formula is C22H29BrN6. The van der Waals surface area contributed by atoms with Gasteiger partial charge in [0.1, 0.15) is 5.65 Å². The van der Waals surface area contributed by atoms with Crippen LogP contribution >= 0.6 is 15.9 Å². The molecule has 2 saturated heterocycles. The minimum absolute atomic E-state index is 0.521. The van der Waals surface area contributed by atoms with E-state index in [0.29, 0.717) is 12.0 Å². The zero-order valence-corrected chi connectivity index (χ0v) is 18.5. The lowest BCUT2D eigenvalue weighted by Gasteiger charge is -2.29. The Balaban J connectivity index is 1.55. The Morgan fingerprint density at radius 2 is 2.21 bits per heavy atom. The highest BCUT2D eigenvalue weighted by Gasteiger charge is 2.29. The van der Waals surface area contributed by atoms with Crippen molar-refractivity contribution in [1.82, 2.24) is 14.9 Å². The molecule has 0 bridgehead atoms. The molecule has 2 atom stereocenters. The summed E-state index contributed by atoms with van der Waals surface area (Å²) in [5.41, 5.74) is 10.7. The van der Waals surface area contributed by atoms with Crippen molar-refractivity contribution in [2.75, 3.05) is 49.6 Å². The molecule has 0 radical (unpaired) electrons. The molecule has 3 N–H and O–H groups in total. The number of pyridine rings is 1. The van der Waals surface area contributed by atoms with Gasteiger partial charge < -0.3 is 20.5 Å². The number of hydrogen-bond donors (Lipinski definition) is 2. The smallest absolute Gasteiger partial charge is 0.141 e. The van der Waals surface area contributed by atoms with Crippen LogP contribution in [0.5, 0.6) is 0 Å². The van der Waals surface area contributed by atoms with Crippen LogP contribution in [0, 0.1) is 5.92 Å². The van der Waals surface area contributed by atoms with Gasteiger partial charge in [-0.2, -0.15) is 0 Å². The molecule has 7 heteroatoms. The molecule has 5 heterocycles. The number of nitrogens with zero attached hydrogens (tertiary/aromatic N) is 4. The van der Waals surface area contributed by atoms with Gasteiger partial charge in [0.05, 0.1) is 21.2 Å². The molecule has 0 aliphatic carbocycles. The largest absolute Gasteiger partial charge is 0.370 e. The van der Waals surface area contributed by atoms with E-state index in [2.05, 4.69) is 72.2 Å². The number of halogens is 1. The summed E-state index contributed by atoms with van der Waals surface area (Å²) in [4.78, 5) is 15.4. The first-order valence-electron chi connectivity index (χ1n) is 10.6. The number of aromatic amines is 1. The summed E-state index contributed by atoms with van der Waals surface area (Å²) in [6.45, 7) is 4.86. The van der Waals surface area contributed by atoms with Crippen LogP contribution in [-0.4, -0.2) is 60.7 Å². The predicted octanol–water partition coefficient (Wildman–Crippen LogP) is 3.46. The second-order valence-electron chi connectivity index (χ2n) is 8.51. The first-order valence-corrected chi connectivity index (χ1v) is 11.4. The maximum atomic E-state index is 5.95. The molecule has 154 valence electrons. The number of likely N-dealkylation sites (tertiary alicyclic amines) is 1. The molecule has 2 aromatic heterocycles. The van der Waals surface area contributed by atoms with Gasteiger partial charge in [-0.05, 0) is 66.8 Å². The van der Waals surface area contributed by atoms with E-state index in [1.165, 1.54) is 41.7 Å². The van der Waals surface area contributed by atoms with Gasteiger partial charge in [0, 0.05) is 44.3 Å². The number of hydrogen-bond acceptors (Lipinski definition) is 5. The SMILES string of the molecule is CN1CCC[C@@H]1C1=CN(c2c[nH]c3ncc(Br)c(N4CCC(CN)C4)c23)CC=C1. The van der Waals surface area contributed by atoms with Crippen LogP contribution in [0.4, 0.5) is 11.4 Å². The Labute approximate surface area is 180 Å². The lowest BCUT2D eigenvalue weighted by molar-refractivity contribution is 0.348. The average molecular weight is 457 g/mol. The van der Waals surface area contributed by atoms with Crippen molar-refractivity contribution in [2.45, 2.75) is 25.3 Å². The van der Waals surface area contributed by atoms with E-state index in [0.717, 1.165) is 42.7 Å². The van der Waals surface area contributed by atoms with Crippen molar-refractivity contribution < 1.29 is 0 Å². The zero-order valence-electron chi connectivity index (χ0n) is 16.9. The fourth-order valence-corrected chi connectivity index (χ4v) is 5.63. The summed E-state index contributed by atoms with van der Waals surface area (Å²) in [7, 11) is 2.23. The van der Waals surface area contributed by atoms with E-state index in [1.807, 2.05) is 6.20 Å². The summed E-state index contributed by atoms with van der Waals surface area (Å²) >= 11 is 3.78. The van der Waals surface area contributed by atoms with Crippen molar-refractivity contribution in [3.05, 3.63) is 40.8 Å². The van der Waals surface area contributed by atoms with Gasteiger partial charge in [0.15, 0.2) is 0 Å². The molecule has 3 aliphatic heterocycles. The Morgan fingerprint density at radius 3 is 2.97 bits per heavy atom. The number of fused-ring (bicyclic) bond motifs is 1. The third kappa shape index (κ3) is 3.39. The Bertz CT molecular complexity index is 964. The standard InChI is InChI=1S/C22H29BrN6/c1-27-7-3-5-18(27)16-4-2-8-28(14-16)19-12-26-22-20(19)21(17(23)11-25-22)29-9-6-15(10-24)13-29/h2,4,11-12,14-15,18H,3,5-10,13,24H2,1H3,(H,25,26)/t15?,18-/m1/s1. The van der Waals surface area contributed by atoms with Crippen molar-refractivity contribution in [3.63, 3.8) is 0 Å². The highest BCUT2D eigenvalue weighted by Crippen LogP contribution is 2.41. The molecule has 0 aromatic carbocycles. The fraction of sp³-hybridized carbons (Fsp3) is 0.500. The normalized spacial score (nSPS) is 25.4. The molecule has 2 fully saturated rings. The first-order chi connectivity index (χ1) is 14.2. The molecule has 0 saturated carbocycles. The summed E-state index contributed by atoms with van der Waals surface area (Å²) in [6.07, 6.45) is 14.6. The van der Waals surface area contributed by atoms with Crippen LogP contribution in [0.3, 0.4) is 0 Å². The topological polar surface area (TPSA) is 64.4 Å². The summed E-state index contributed by atoms with van der Waals surface area (Å²) in [5.74, 6) is 0.565. The molecule has 0 amide bonds. The Kier molecular flexibility index (Phi) is 5.14. The number of likely N-dealkylation sites (N-methyl/N-ethyl adjacent to an activating group) is 1. The maximum absolute atomic E-state index is 5.95. The van der Waals surface area contributed by atoms with Crippen molar-refractivity contribution in [3.8, 4) is 0 Å². The number of H-pyrrole nitrogens is 1. The fourth-order valence-electron chi connectivity index (χ4n) is 5.08. The van der Waals surface area contributed by atoms with E-state index in [9.17, 15) is 0 Å². The monoisotopic (exact) mass is 456 g/mol. The Morgan fingerprint density at radius 1 is 1.31 bits per heavy atom. The minimum atomic E-state index is 0.521. The van der Waals surface area contributed by atoms with E-state index in [1.54, 1.807) is 0 Å². The number of nitrogens with two attached hydrogens (primary N) is 1. The lowest BCUT2D eigenvalue weighted by Crippen LogP contribution is -2.30. The van der Waals surface area contributed by atoms with Gasteiger partial charge in [-0.25, -0.2) is 4.98 Å². The second kappa shape index (κ2) is 7.78. The number of aromatic nitrogens is 2. The van der Waals surface area contributed by atoms with Gasteiger partial charge in [0.25, 0.3) is 0 Å². The quantitative estimate of drug-likeness (QED) is 0.737. The second-order valence-corrected chi connectivity index (χ2v) is 9.37. The van der Waals surface area contributed by atoms with E-state index in [4.69, 9.17) is 5.73 Å². The van der Waals surface area contributed by atoms with Crippen molar-refractivity contribution >= 4 is 38.3 Å². The van der Waals surface area contributed by atoms with Gasteiger partial charge >= 0.3 is 0 Å². The molecule has 0 spiro atoms. The predicted molar refractivity (Wildman–Crippen MR) is 123 cm³/mol. The molecule has 6 nitrogen and oxygen atoms in total. The van der Waals surface area contributed by atoms with Crippen LogP contribution in [0.15, 0.2) is 40.8 Å². The van der Waals surface area contributed by atoms with Gasteiger partial charge in [0.2, 0.25) is 0 Å². The van der Waals surface area contributed by atoms with Crippen LogP contribution in [0.2, 0.25) is 0 Å². The molecular weight excluding hydrogens is 428 g/mol. The molecule has 29 heavy (non-hydrogen) atoms. The van der Waals surface area contributed by atoms with Crippen molar-refractivity contribution in [2.24, 2.45) is 11.7 Å². The average Bonchev–Trinajstić information content (AvgIpc) is 3.47. The number of anilines is 2. The summed E-state index contributed by atoms with van der Waals surface area (Å²) in [5, 5.41) is 1.20. The Hall–Kier alpha value is -1.83. The zero-order chi connectivity index (χ0) is 20.0. The third-order valence-corrected chi connectivity index (χ3v) is 7.26. The first kappa shape index (κ1) is 19.2. The van der Waals surface area contributed by atoms with Gasteiger partial charge in [-0.15, -0.1) is 0 Å². The lowest BCUT2D eigenvalue weighted by atomic mass is 10.0. The maximum Gasteiger partial charge on any atom is 0.141 e. The van der Waals surface area contributed by atoms with Crippen LogP contribution < -0.4 is 15.5 Å². The highest BCUT2D eigenvalue weighted by atomic mass is 79.9. The number of rotatable bonds is 4. The van der Waals surface area contributed by atoms with Crippen LogP contribution in [0.25, 0.3) is 11.0 Å². The molecule has 1 unspecified atom stereocenters. The highest BCUT2D eigenvalue weighted by molar-refractivity contribution is 9.10. The third-order valence-electron chi connectivity index (χ3n) is 6.68. The van der Waals surface area contributed by atoms with E-state index < -0.39 is 0 Å². The summed E-state index contributed by atoms with van der Waals surface area (Å²) < 4.78 is 1.05. The van der Waals surface area contributed by atoms with Crippen LogP contribution in [0.1, 0.15) is 19.3 Å². The summed E-state index contributed by atoms with van der Waals surface area (Å²) in [6, 6.07) is 0.521. The molecule has 2 aromatic rings. The van der Waals surface area contributed by atoms with Gasteiger partial charge in [-0.3, -0.25) is 4.90 Å². The minimum Gasteiger partial charge on any atom is -0.370 e. The van der Waals surface area contributed by atoms with Crippen LogP contribution in [-0.2, 0) is 0 Å². The van der Waals surface area contributed by atoms with E-state index >= 15 is 0 Å².